The normalized spacial score (nSPS) is 14.0. The molecule has 0 saturated heterocycles. The molecule has 18 nitrogen and oxygen atoms in total. The Morgan fingerprint density at radius 3 is 0.562 bits per heavy atom. The lowest BCUT2D eigenvalue weighted by Crippen LogP contribution is -2.57. The van der Waals surface area contributed by atoms with Crippen molar-refractivity contribution in [3.05, 3.63) is 139 Å². The Hall–Kier alpha value is -2.12. The lowest BCUT2D eigenvalue weighted by molar-refractivity contribution is -0.138. The van der Waals surface area contributed by atoms with E-state index in [1.54, 1.807) is 0 Å². The van der Waals surface area contributed by atoms with Crippen molar-refractivity contribution in [3.8, 4) is 0 Å². The summed E-state index contributed by atoms with van der Waals surface area (Å²) < 4.78 is 7.20. The van der Waals surface area contributed by atoms with E-state index in [-0.39, 0.29) is 32.5 Å². The van der Waals surface area contributed by atoms with E-state index in [0.29, 0.717) is 22.3 Å². The van der Waals surface area contributed by atoms with Crippen LogP contribution in [0.5, 0.6) is 0 Å². The van der Waals surface area contributed by atoms with Crippen LogP contribution < -0.4 is 0 Å². The molecule has 4 aromatic carbocycles. The number of aliphatic hydroxyl groups is 8. The van der Waals surface area contributed by atoms with Crippen LogP contribution in [0.1, 0.15) is 286 Å². The number of aliphatic hydroxyl groups excluding tert-OH is 6. The first-order valence-corrected chi connectivity index (χ1v) is 37.2. The summed E-state index contributed by atoms with van der Waals surface area (Å²) in [4.78, 5) is 62.5. The summed E-state index contributed by atoms with van der Waals surface area (Å²) in [5.41, 5.74) is 2.58. The van der Waals surface area contributed by atoms with Gasteiger partial charge >= 0.3 is 34.4 Å². The molecule has 0 aliphatic carbocycles. The van der Waals surface area contributed by atoms with Crippen molar-refractivity contribution in [1.29, 1.82) is 0 Å². The van der Waals surface area contributed by atoms with Crippen LogP contribution in [-0.4, -0.2) is 120 Å². The molecule has 0 radical (unpaired) electrons. The van der Waals surface area contributed by atoms with E-state index < -0.39 is 118 Å². The topological polar surface area (TPSA) is 342 Å². The van der Waals surface area contributed by atoms with E-state index in [0.717, 1.165) is 55.6 Å². The summed E-state index contributed by atoms with van der Waals surface area (Å²) in [6.07, 6.45) is 0. The van der Waals surface area contributed by atoms with Crippen molar-refractivity contribution in [3.63, 3.8) is 0 Å². The average Bonchev–Trinajstić information content (AvgIpc) is 0.702. The molecule has 0 amide bonds. The minimum atomic E-state index is -2.61. The second-order valence-corrected chi connectivity index (χ2v) is 39.3. The van der Waals surface area contributed by atoms with Crippen molar-refractivity contribution in [2.75, 3.05) is 39.6 Å². The van der Waals surface area contributed by atoms with Crippen LogP contribution in [-0.2, 0) is 74.0 Å². The maximum Gasteiger partial charge on any atom is 0.334 e. The zero-order valence-electron chi connectivity index (χ0n) is 63.8. The van der Waals surface area contributed by atoms with Crippen LogP contribution in [0.4, 0.5) is 0 Å². The molecule has 0 aromatic heterocycles. The number of hydrogen-bond donors (Lipinski definition) is 16. The Bertz CT molecular complexity index is 2840. The molecule has 0 aliphatic rings. The highest BCUT2D eigenvalue weighted by Gasteiger charge is 2.59. The fourth-order valence-electron chi connectivity index (χ4n) is 11.7. The molecule has 0 unspecified atom stereocenters. The molecule has 0 bridgehead atoms. The third kappa shape index (κ3) is 22.4. The molecule has 552 valence electrons. The molecule has 16 N–H and O–H groups in total. The number of benzene rings is 4. The van der Waals surface area contributed by atoms with Gasteiger partial charge in [0.25, 0.3) is 0 Å². The molecule has 0 spiro atoms. The Labute approximate surface area is 582 Å². The van der Waals surface area contributed by atoms with E-state index in [1.165, 1.54) is 0 Å². The van der Waals surface area contributed by atoms with E-state index in [9.17, 15) is 40.9 Å². The second kappa shape index (κ2) is 33.1. The van der Waals surface area contributed by atoms with Gasteiger partial charge in [0.1, 0.15) is 11.2 Å². The van der Waals surface area contributed by atoms with Crippen molar-refractivity contribution in [1.82, 2.24) is 0 Å². The Morgan fingerprint density at radius 1 is 0.240 bits per heavy atom. The highest BCUT2D eigenvalue weighted by molar-refractivity contribution is 7.53. The van der Waals surface area contributed by atoms with E-state index in [4.69, 9.17) is 39.1 Å². The van der Waals surface area contributed by atoms with Gasteiger partial charge in [0.05, 0.1) is 50.5 Å². The molecule has 4 rings (SSSR count). The molecule has 0 fully saturated rings. The lowest BCUT2D eigenvalue weighted by Gasteiger charge is -2.52. The van der Waals surface area contributed by atoms with Crippen molar-refractivity contribution >= 4 is 34.4 Å². The molecule has 4 aromatic rings. The predicted octanol–water partition coefficient (Wildman–Crippen LogP) is 13.6. The highest BCUT2D eigenvalue weighted by Crippen LogP contribution is 2.58. The molecule has 0 aliphatic heterocycles. The third-order valence-electron chi connectivity index (χ3n) is 17.8. The first-order valence-electron chi connectivity index (χ1n) is 32.6. The van der Waals surface area contributed by atoms with E-state index in [2.05, 4.69) is 253 Å². The predicted molar refractivity (Wildman–Crippen MR) is 394 cm³/mol. The van der Waals surface area contributed by atoms with Gasteiger partial charge in [-0.15, -0.1) is 0 Å². The summed E-state index contributed by atoms with van der Waals surface area (Å²) in [5.74, 6) is 0. The highest BCUT2D eigenvalue weighted by atomic mass is 31.2. The maximum absolute atomic E-state index is 14.1. The molecule has 0 heterocycles. The van der Waals surface area contributed by atoms with Crippen molar-refractivity contribution in [2.45, 2.75) is 273 Å². The molecule has 22 heteroatoms. The first-order chi connectivity index (χ1) is 42.7. The van der Waals surface area contributed by atoms with Gasteiger partial charge in [0, 0.05) is 0 Å². The minimum absolute atomic E-state index is 0.108. The fourth-order valence-corrected chi connectivity index (χ4v) is 12.7. The quantitative estimate of drug-likeness (QED) is 0.0463. The van der Waals surface area contributed by atoms with Gasteiger partial charge in [0.15, 0.2) is 0 Å². The first kappa shape index (κ1) is 91.9. The number of hydrogen-bond acceptors (Lipinski definition) is 18. The lowest BCUT2D eigenvalue weighted by atomic mass is 9.55. The van der Waals surface area contributed by atoms with Crippen LogP contribution in [0.25, 0.3) is 0 Å². The second-order valence-electron chi connectivity index (χ2n) is 36.0. The van der Waals surface area contributed by atoms with Gasteiger partial charge < -0.3 is 80.0 Å². The van der Waals surface area contributed by atoms with E-state index >= 15 is 0 Å². The largest absolute Gasteiger partial charge is 0.395 e. The van der Waals surface area contributed by atoms with Gasteiger partial charge in [-0.1, -0.05) is 268 Å². The monoisotopic (exact) mass is 1430 g/mol. The third-order valence-corrected chi connectivity index (χ3v) is 20.1. The van der Waals surface area contributed by atoms with Gasteiger partial charge in [-0.05, 0) is 132 Å². The van der Waals surface area contributed by atoms with E-state index in [1.807, 2.05) is 24.3 Å². The summed E-state index contributed by atoms with van der Waals surface area (Å²) in [5, 5.41) is 93.2. The van der Waals surface area contributed by atoms with Crippen molar-refractivity contribution in [2.24, 2.45) is 10.8 Å². The zero-order valence-corrected chi connectivity index (χ0v) is 67.4. The molecular formula is C74H128O18P4. The standard InChI is InChI=1S/C41H68O4.C33H52O4.2H4O5P2/c1-34(2,3)26-19-28(36(7,8)9)32(29(20-26)37(10,11)12)41(45,40(23-42,24-43)25-44)33-30(38(13,14)15)21-27(35(4,5)6)22-31(33)39(16,17)18;1-28(2,3)22-13-15-24(26(17-22)30(7,8)9)33(37,32(19-34,20-35)21-36)25-16-14-23(29(4,5)6)18-27(25)31(10,11)12;2*1-6(2)5-7(3)4/h19-22,42-45H,23-25H2,1-18H3;13-18,34-37H,19-21H2,1-12H3;2*1-4H. The summed E-state index contributed by atoms with van der Waals surface area (Å²) in [6, 6.07) is 21.0. The molecular weight excluding hydrogens is 1300 g/mol. The van der Waals surface area contributed by atoms with Gasteiger partial charge in [0.2, 0.25) is 0 Å². The van der Waals surface area contributed by atoms with Gasteiger partial charge in [-0.3, -0.25) is 0 Å². The zero-order chi connectivity index (χ0) is 76.1. The summed E-state index contributed by atoms with van der Waals surface area (Å²) in [6.45, 7) is 61.0. The summed E-state index contributed by atoms with van der Waals surface area (Å²) in [7, 11) is -10.4. The Kier molecular flexibility index (Phi) is 31.7. The maximum atomic E-state index is 14.1. The molecule has 0 saturated carbocycles. The Balaban J connectivity index is 0.000000807. The van der Waals surface area contributed by atoms with Crippen LogP contribution in [0, 0.1) is 10.8 Å². The van der Waals surface area contributed by atoms with Crippen LogP contribution in [0.15, 0.2) is 60.7 Å². The average molecular weight is 1430 g/mol. The SMILES string of the molecule is CC(C)(C)c1cc(C(C)(C)C)c(C(O)(c2c(C(C)(C)C)cc(C(C)(C)C)cc2C(C)(C)C)C(CO)(CO)CO)c(C(C)(C)C)c1.CC(C)(C)c1ccc(C(O)(c2ccc(C(C)(C)C)cc2C(C)(C)C)C(CO)(CO)CO)c(C(C)(C)C)c1.OP(O)OP(O)O.OP(O)OP(O)O. The van der Waals surface area contributed by atoms with Crippen LogP contribution >= 0.6 is 34.4 Å². The molecule has 0 atom stereocenters. The Morgan fingerprint density at radius 2 is 0.417 bits per heavy atom. The van der Waals surface area contributed by atoms with Crippen LogP contribution in [0.3, 0.4) is 0 Å². The van der Waals surface area contributed by atoms with Gasteiger partial charge in [-0.2, -0.15) is 0 Å². The fraction of sp³-hybridized carbons (Fsp3) is 0.676. The summed E-state index contributed by atoms with van der Waals surface area (Å²) >= 11 is 0. The van der Waals surface area contributed by atoms with Gasteiger partial charge in [-0.25, -0.2) is 8.62 Å². The smallest absolute Gasteiger partial charge is 0.334 e. The minimum Gasteiger partial charge on any atom is -0.395 e. The number of rotatable bonds is 16. The van der Waals surface area contributed by atoms with Crippen molar-refractivity contribution < 1.29 is 88.6 Å². The van der Waals surface area contributed by atoms with Crippen LogP contribution in [0.2, 0.25) is 0 Å². The molecule has 96 heavy (non-hydrogen) atoms.